The molecule has 0 saturated carbocycles. The lowest BCUT2D eigenvalue weighted by atomic mass is 10.0. The van der Waals surface area contributed by atoms with E-state index in [4.69, 9.17) is 5.73 Å². The van der Waals surface area contributed by atoms with Crippen LogP contribution in [0, 0.1) is 5.92 Å². The Morgan fingerprint density at radius 3 is 2.67 bits per heavy atom. The Morgan fingerprint density at radius 1 is 1.58 bits per heavy atom. The summed E-state index contributed by atoms with van der Waals surface area (Å²) in [4.78, 5) is 4.44. The molecule has 1 aromatic rings. The third-order valence-electron chi connectivity index (χ3n) is 1.93. The number of nitrogens with two attached hydrogens (primary N) is 1. The van der Waals surface area contributed by atoms with Crippen molar-refractivity contribution in [2.45, 2.75) is 33.2 Å². The summed E-state index contributed by atoms with van der Waals surface area (Å²) >= 11 is 1.70. The van der Waals surface area contributed by atoms with E-state index in [2.05, 4.69) is 31.1 Å². The third-order valence-corrected chi connectivity index (χ3v) is 2.94. The minimum absolute atomic E-state index is 0.0987. The highest BCUT2D eigenvalue weighted by Crippen LogP contribution is 2.20. The van der Waals surface area contributed by atoms with Crippen molar-refractivity contribution in [2.24, 2.45) is 11.7 Å². The topological polar surface area (TPSA) is 38.9 Å². The van der Waals surface area contributed by atoms with Crippen LogP contribution < -0.4 is 5.73 Å². The smallest absolute Gasteiger partial charge is 0.0926 e. The van der Waals surface area contributed by atoms with E-state index in [0.29, 0.717) is 5.92 Å². The fourth-order valence-electron chi connectivity index (χ4n) is 0.982. The molecule has 1 atom stereocenters. The van der Waals surface area contributed by atoms with Crippen LogP contribution in [0.3, 0.4) is 0 Å². The van der Waals surface area contributed by atoms with Crippen LogP contribution in [-0.4, -0.2) is 4.98 Å². The van der Waals surface area contributed by atoms with Crippen LogP contribution in [0.1, 0.15) is 37.5 Å². The second-order valence-electron chi connectivity index (χ2n) is 3.29. The number of nitrogens with zero attached hydrogens (tertiary/aromatic N) is 1. The van der Waals surface area contributed by atoms with E-state index in [0.717, 1.165) is 12.1 Å². The summed E-state index contributed by atoms with van der Waals surface area (Å²) in [7, 11) is 0. The molecule has 1 heterocycles. The summed E-state index contributed by atoms with van der Waals surface area (Å²) in [6, 6.07) is 0.0987. The maximum atomic E-state index is 5.95. The molecule has 1 rings (SSSR count). The molecule has 0 saturated heterocycles. The van der Waals surface area contributed by atoms with Crippen molar-refractivity contribution >= 4 is 11.3 Å². The minimum atomic E-state index is 0.0987. The monoisotopic (exact) mass is 184 g/mol. The van der Waals surface area contributed by atoms with Crippen molar-refractivity contribution in [1.29, 1.82) is 0 Å². The Labute approximate surface area is 77.8 Å². The van der Waals surface area contributed by atoms with Gasteiger partial charge in [0, 0.05) is 5.38 Å². The van der Waals surface area contributed by atoms with Crippen LogP contribution >= 0.6 is 11.3 Å². The summed E-state index contributed by atoms with van der Waals surface area (Å²) in [5.41, 5.74) is 7.00. The second kappa shape index (κ2) is 4.01. The van der Waals surface area contributed by atoms with Gasteiger partial charge in [0.1, 0.15) is 0 Å². The molecule has 3 heteroatoms. The van der Waals surface area contributed by atoms with Gasteiger partial charge in [-0.15, -0.1) is 11.3 Å². The third kappa shape index (κ3) is 2.05. The van der Waals surface area contributed by atoms with E-state index in [-0.39, 0.29) is 6.04 Å². The number of rotatable bonds is 3. The zero-order valence-electron chi connectivity index (χ0n) is 7.87. The molecule has 0 aliphatic carbocycles. The SMILES string of the molecule is CCc1nc(C(N)C(C)C)cs1. The zero-order valence-corrected chi connectivity index (χ0v) is 8.69. The Bertz CT molecular complexity index is 242. The highest BCUT2D eigenvalue weighted by molar-refractivity contribution is 7.09. The average Bonchev–Trinajstić information content (AvgIpc) is 2.50. The van der Waals surface area contributed by atoms with Crippen LogP contribution in [-0.2, 0) is 6.42 Å². The molecule has 2 nitrogen and oxygen atoms in total. The number of aromatic nitrogens is 1. The second-order valence-corrected chi connectivity index (χ2v) is 4.23. The minimum Gasteiger partial charge on any atom is -0.322 e. The first-order chi connectivity index (χ1) is 5.65. The van der Waals surface area contributed by atoms with Gasteiger partial charge in [0.15, 0.2) is 0 Å². The highest BCUT2D eigenvalue weighted by atomic mass is 32.1. The molecule has 0 bridgehead atoms. The van der Waals surface area contributed by atoms with Gasteiger partial charge in [0.2, 0.25) is 0 Å². The molecule has 0 fully saturated rings. The quantitative estimate of drug-likeness (QED) is 0.783. The summed E-state index contributed by atoms with van der Waals surface area (Å²) in [5, 5.41) is 3.25. The molecule has 0 aromatic carbocycles. The lowest BCUT2D eigenvalue weighted by Gasteiger charge is -2.11. The summed E-state index contributed by atoms with van der Waals surface area (Å²) in [6.07, 6.45) is 1.01. The van der Waals surface area contributed by atoms with Gasteiger partial charge in [-0.3, -0.25) is 0 Å². The van der Waals surface area contributed by atoms with Crippen molar-refractivity contribution in [1.82, 2.24) is 4.98 Å². The van der Waals surface area contributed by atoms with Gasteiger partial charge in [-0.1, -0.05) is 20.8 Å². The predicted octanol–water partition coefficient (Wildman–Crippen LogP) is 2.36. The molecule has 1 unspecified atom stereocenters. The van der Waals surface area contributed by atoms with Crippen LogP contribution in [0.2, 0.25) is 0 Å². The first-order valence-corrected chi connectivity index (χ1v) is 5.23. The normalized spacial score (nSPS) is 13.8. The predicted molar refractivity (Wildman–Crippen MR) is 53.3 cm³/mol. The molecule has 0 amide bonds. The van der Waals surface area contributed by atoms with E-state index < -0.39 is 0 Å². The van der Waals surface area contributed by atoms with Crippen LogP contribution in [0.25, 0.3) is 0 Å². The Hall–Kier alpha value is -0.410. The first kappa shape index (κ1) is 9.68. The Morgan fingerprint density at radius 2 is 2.25 bits per heavy atom. The fraction of sp³-hybridized carbons (Fsp3) is 0.667. The molecule has 0 aliphatic rings. The number of aryl methyl sites for hydroxylation is 1. The molecule has 0 aliphatic heterocycles. The molecule has 1 aromatic heterocycles. The maximum Gasteiger partial charge on any atom is 0.0926 e. The molecular formula is C9H16N2S. The summed E-state index contributed by atoms with van der Waals surface area (Å²) in [6.45, 7) is 6.36. The van der Waals surface area contributed by atoms with Gasteiger partial charge in [-0.25, -0.2) is 4.98 Å². The molecular weight excluding hydrogens is 168 g/mol. The molecule has 0 spiro atoms. The van der Waals surface area contributed by atoms with Gasteiger partial charge in [-0.2, -0.15) is 0 Å². The van der Waals surface area contributed by atoms with Crippen molar-refractivity contribution in [3.05, 3.63) is 16.1 Å². The van der Waals surface area contributed by atoms with Crippen molar-refractivity contribution < 1.29 is 0 Å². The lowest BCUT2D eigenvalue weighted by molar-refractivity contribution is 0.504. The Balaban J connectivity index is 2.74. The maximum absolute atomic E-state index is 5.95. The lowest BCUT2D eigenvalue weighted by Crippen LogP contribution is -2.16. The van der Waals surface area contributed by atoms with Gasteiger partial charge >= 0.3 is 0 Å². The molecule has 2 N–H and O–H groups in total. The van der Waals surface area contributed by atoms with Crippen LogP contribution in [0.5, 0.6) is 0 Å². The van der Waals surface area contributed by atoms with E-state index in [1.54, 1.807) is 11.3 Å². The average molecular weight is 184 g/mol. The van der Waals surface area contributed by atoms with Gasteiger partial charge in [0.25, 0.3) is 0 Å². The van der Waals surface area contributed by atoms with Crippen LogP contribution in [0.4, 0.5) is 0 Å². The van der Waals surface area contributed by atoms with Crippen molar-refractivity contribution in [2.75, 3.05) is 0 Å². The molecule has 68 valence electrons. The van der Waals surface area contributed by atoms with Crippen molar-refractivity contribution in [3.63, 3.8) is 0 Å². The Kier molecular flexibility index (Phi) is 3.23. The summed E-state index contributed by atoms with van der Waals surface area (Å²) < 4.78 is 0. The van der Waals surface area contributed by atoms with E-state index in [1.807, 2.05) is 0 Å². The van der Waals surface area contributed by atoms with E-state index in [1.165, 1.54) is 5.01 Å². The highest BCUT2D eigenvalue weighted by Gasteiger charge is 2.13. The standard InChI is InChI=1S/C9H16N2S/c1-4-8-11-7(5-12-8)9(10)6(2)3/h5-6,9H,4,10H2,1-3H3. The van der Waals surface area contributed by atoms with Gasteiger partial charge < -0.3 is 5.73 Å². The largest absolute Gasteiger partial charge is 0.322 e. The number of thiazole rings is 1. The molecule has 12 heavy (non-hydrogen) atoms. The van der Waals surface area contributed by atoms with Gasteiger partial charge in [-0.05, 0) is 12.3 Å². The summed E-state index contributed by atoms with van der Waals surface area (Å²) in [5.74, 6) is 0.469. The van der Waals surface area contributed by atoms with E-state index in [9.17, 15) is 0 Å². The van der Waals surface area contributed by atoms with Gasteiger partial charge in [0.05, 0.1) is 16.7 Å². The zero-order chi connectivity index (χ0) is 9.14. The molecule has 0 radical (unpaired) electrons. The fourth-order valence-corrected chi connectivity index (χ4v) is 1.77. The number of hydrogen-bond donors (Lipinski definition) is 1. The van der Waals surface area contributed by atoms with E-state index >= 15 is 0 Å². The van der Waals surface area contributed by atoms with Crippen molar-refractivity contribution in [3.8, 4) is 0 Å². The first-order valence-electron chi connectivity index (χ1n) is 4.35. The number of hydrogen-bond acceptors (Lipinski definition) is 3. The van der Waals surface area contributed by atoms with Crippen LogP contribution in [0.15, 0.2) is 5.38 Å².